The first-order valence-corrected chi connectivity index (χ1v) is 8.08. The minimum Gasteiger partial charge on any atom is -0.496 e. The number of nitrogens with one attached hydrogen (secondary N) is 1. The highest BCUT2D eigenvalue weighted by Gasteiger charge is 2.53. The fourth-order valence-corrected chi connectivity index (χ4v) is 3.70. The Balaban J connectivity index is 1.51. The molecule has 0 unspecified atom stereocenters. The molecule has 21 heavy (non-hydrogen) atoms. The maximum absolute atomic E-state index is 5.47. The van der Waals surface area contributed by atoms with Crippen molar-refractivity contribution >= 4 is 10.8 Å². The van der Waals surface area contributed by atoms with Gasteiger partial charge in [-0.05, 0) is 54.0 Å². The van der Waals surface area contributed by atoms with Gasteiger partial charge in [-0.1, -0.05) is 30.3 Å². The van der Waals surface area contributed by atoms with Crippen LogP contribution in [0.1, 0.15) is 31.2 Å². The van der Waals surface area contributed by atoms with Crippen LogP contribution in [0.3, 0.4) is 0 Å². The summed E-state index contributed by atoms with van der Waals surface area (Å²) in [5.41, 5.74) is 2.04. The maximum atomic E-state index is 5.47. The number of benzene rings is 2. The third kappa shape index (κ3) is 2.42. The quantitative estimate of drug-likeness (QED) is 0.859. The first-order valence-electron chi connectivity index (χ1n) is 8.08. The molecule has 0 saturated heterocycles. The molecule has 4 rings (SSSR count). The molecule has 0 atom stereocenters. The molecular weight excluding hydrogens is 258 g/mol. The van der Waals surface area contributed by atoms with Crippen molar-refractivity contribution in [3.05, 3.63) is 42.0 Å². The van der Waals surface area contributed by atoms with Gasteiger partial charge in [0.1, 0.15) is 5.75 Å². The van der Waals surface area contributed by atoms with E-state index in [1.54, 1.807) is 7.11 Å². The zero-order valence-electron chi connectivity index (χ0n) is 12.7. The van der Waals surface area contributed by atoms with Crippen molar-refractivity contribution in [3.8, 4) is 5.75 Å². The Morgan fingerprint density at radius 2 is 1.86 bits per heavy atom. The number of ether oxygens (including phenoxy) is 1. The molecule has 0 bridgehead atoms. The SMILES string of the molecule is COc1ccc(CNCC2(C3CC3)CC2)c2ccccc12. The van der Waals surface area contributed by atoms with Gasteiger partial charge in [-0.15, -0.1) is 0 Å². The highest BCUT2D eigenvalue weighted by Crippen LogP contribution is 2.60. The molecule has 0 amide bonds. The number of hydrogen-bond donors (Lipinski definition) is 1. The van der Waals surface area contributed by atoms with E-state index in [9.17, 15) is 0 Å². The molecule has 2 fully saturated rings. The highest BCUT2D eigenvalue weighted by molar-refractivity contribution is 5.91. The molecule has 0 aromatic heterocycles. The van der Waals surface area contributed by atoms with Crippen molar-refractivity contribution in [2.24, 2.45) is 11.3 Å². The van der Waals surface area contributed by atoms with Crippen molar-refractivity contribution in [2.75, 3.05) is 13.7 Å². The van der Waals surface area contributed by atoms with Gasteiger partial charge in [0.15, 0.2) is 0 Å². The van der Waals surface area contributed by atoms with Gasteiger partial charge in [0.2, 0.25) is 0 Å². The largest absolute Gasteiger partial charge is 0.496 e. The minimum atomic E-state index is 0.669. The summed E-state index contributed by atoms with van der Waals surface area (Å²) in [6, 6.07) is 12.8. The molecule has 2 aliphatic carbocycles. The van der Waals surface area contributed by atoms with Crippen molar-refractivity contribution in [2.45, 2.75) is 32.2 Å². The Morgan fingerprint density at radius 1 is 1.10 bits per heavy atom. The zero-order valence-corrected chi connectivity index (χ0v) is 12.7. The highest BCUT2D eigenvalue weighted by atomic mass is 16.5. The van der Waals surface area contributed by atoms with Gasteiger partial charge < -0.3 is 10.1 Å². The number of fused-ring (bicyclic) bond motifs is 1. The van der Waals surface area contributed by atoms with E-state index in [1.165, 1.54) is 48.6 Å². The van der Waals surface area contributed by atoms with E-state index in [1.807, 2.05) is 0 Å². The van der Waals surface area contributed by atoms with E-state index in [2.05, 4.69) is 41.7 Å². The topological polar surface area (TPSA) is 21.3 Å². The molecular formula is C19H23NO. The normalized spacial score (nSPS) is 19.7. The van der Waals surface area contributed by atoms with Gasteiger partial charge in [0.25, 0.3) is 0 Å². The minimum absolute atomic E-state index is 0.669. The molecule has 0 spiro atoms. The summed E-state index contributed by atoms with van der Waals surface area (Å²) in [6.07, 6.45) is 5.81. The predicted molar refractivity (Wildman–Crippen MR) is 86.6 cm³/mol. The Kier molecular flexibility index (Phi) is 3.15. The fraction of sp³-hybridized carbons (Fsp3) is 0.474. The van der Waals surface area contributed by atoms with Gasteiger partial charge in [0.05, 0.1) is 7.11 Å². The van der Waals surface area contributed by atoms with Crippen molar-refractivity contribution in [3.63, 3.8) is 0 Å². The third-order valence-electron chi connectivity index (χ3n) is 5.32. The van der Waals surface area contributed by atoms with Gasteiger partial charge in [-0.2, -0.15) is 0 Å². The van der Waals surface area contributed by atoms with E-state index in [0.717, 1.165) is 18.2 Å². The van der Waals surface area contributed by atoms with Crippen LogP contribution in [0, 0.1) is 11.3 Å². The van der Waals surface area contributed by atoms with Gasteiger partial charge in [-0.25, -0.2) is 0 Å². The van der Waals surface area contributed by atoms with Gasteiger partial charge in [0, 0.05) is 18.5 Å². The fourth-order valence-electron chi connectivity index (χ4n) is 3.70. The zero-order chi connectivity index (χ0) is 14.3. The van der Waals surface area contributed by atoms with Crippen LogP contribution in [-0.4, -0.2) is 13.7 Å². The summed E-state index contributed by atoms with van der Waals surface area (Å²) in [6.45, 7) is 2.15. The van der Waals surface area contributed by atoms with E-state index < -0.39 is 0 Å². The molecule has 0 aliphatic heterocycles. The number of hydrogen-bond acceptors (Lipinski definition) is 2. The van der Waals surface area contributed by atoms with E-state index >= 15 is 0 Å². The molecule has 110 valence electrons. The Morgan fingerprint density at radius 3 is 2.52 bits per heavy atom. The summed E-state index contributed by atoms with van der Waals surface area (Å²) in [4.78, 5) is 0. The first-order chi connectivity index (χ1) is 10.3. The van der Waals surface area contributed by atoms with Crippen LogP contribution in [0.5, 0.6) is 5.75 Å². The van der Waals surface area contributed by atoms with Crippen molar-refractivity contribution < 1.29 is 4.74 Å². The van der Waals surface area contributed by atoms with E-state index in [4.69, 9.17) is 4.74 Å². The van der Waals surface area contributed by atoms with Crippen LogP contribution in [0.25, 0.3) is 10.8 Å². The molecule has 1 N–H and O–H groups in total. The van der Waals surface area contributed by atoms with Gasteiger partial charge >= 0.3 is 0 Å². The first kappa shape index (κ1) is 13.1. The molecule has 2 aromatic rings. The molecule has 2 nitrogen and oxygen atoms in total. The molecule has 0 radical (unpaired) electrons. The molecule has 2 saturated carbocycles. The molecule has 2 aliphatic rings. The second kappa shape index (κ2) is 5.03. The lowest BCUT2D eigenvalue weighted by atomic mass is 10.00. The summed E-state index contributed by atoms with van der Waals surface area (Å²) in [5, 5.41) is 6.23. The average molecular weight is 281 g/mol. The lowest BCUT2D eigenvalue weighted by Crippen LogP contribution is -2.25. The van der Waals surface area contributed by atoms with Crippen molar-refractivity contribution in [1.29, 1.82) is 0 Å². The van der Waals surface area contributed by atoms with Crippen LogP contribution in [-0.2, 0) is 6.54 Å². The maximum Gasteiger partial charge on any atom is 0.126 e. The molecule has 2 aromatic carbocycles. The summed E-state index contributed by atoms with van der Waals surface area (Å²) >= 11 is 0. The Bertz CT molecular complexity index is 656. The lowest BCUT2D eigenvalue weighted by Gasteiger charge is -2.16. The van der Waals surface area contributed by atoms with Crippen molar-refractivity contribution in [1.82, 2.24) is 5.32 Å². The van der Waals surface area contributed by atoms with E-state index in [0.29, 0.717) is 5.41 Å². The summed E-state index contributed by atoms with van der Waals surface area (Å²) < 4.78 is 5.47. The van der Waals surface area contributed by atoms with Crippen LogP contribution in [0.4, 0.5) is 0 Å². The standard InChI is InChI=1S/C19H23NO/c1-21-18-9-6-14(16-4-2-3-5-17(16)18)12-20-13-19(10-11-19)15-7-8-15/h2-6,9,15,20H,7-8,10-13H2,1H3. The Labute approximate surface area is 126 Å². The third-order valence-corrected chi connectivity index (χ3v) is 5.32. The average Bonchev–Trinajstić information content (AvgIpc) is 3.39. The smallest absolute Gasteiger partial charge is 0.126 e. The molecule has 0 heterocycles. The second-order valence-electron chi connectivity index (χ2n) is 6.71. The van der Waals surface area contributed by atoms with E-state index in [-0.39, 0.29) is 0 Å². The molecule has 2 heteroatoms. The van der Waals surface area contributed by atoms with Crippen LogP contribution >= 0.6 is 0 Å². The predicted octanol–water partition coefficient (Wildman–Crippen LogP) is 4.13. The van der Waals surface area contributed by atoms with Crippen LogP contribution in [0.2, 0.25) is 0 Å². The number of rotatable bonds is 6. The summed E-state index contributed by atoms with van der Waals surface area (Å²) in [5.74, 6) is 1.99. The van der Waals surface area contributed by atoms with Crippen LogP contribution < -0.4 is 10.1 Å². The summed E-state index contributed by atoms with van der Waals surface area (Å²) in [7, 11) is 1.74. The second-order valence-corrected chi connectivity index (χ2v) is 6.71. The van der Waals surface area contributed by atoms with Crippen LogP contribution in [0.15, 0.2) is 36.4 Å². The lowest BCUT2D eigenvalue weighted by molar-refractivity contribution is 0.403. The van der Waals surface area contributed by atoms with Gasteiger partial charge in [-0.3, -0.25) is 0 Å². The number of methoxy groups -OCH3 is 1. The Hall–Kier alpha value is -1.54. The monoisotopic (exact) mass is 281 g/mol.